The lowest BCUT2D eigenvalue weighted by atomic mass is 10.2. The molecule has 2 N–H and O–H groups in total. The molecule has 18 heavy (non-hydrogen) atoms. The first-order valence-corrected chi connectivity index (χ1v) is 6.50. The number of hydrogen-bond donors (Lipinski definition) is 2. The van der Waals surface area contributed by atoms with E-state index < -0.39 is 5.60 Å². The number of ether oxygens (including phenoxy) is 2. The zero-order valence-electron chi connectivity index (χ0n) is 11.5. The van der Waals surface area contributed by atoms with Crippen LogP contribution in [0.2, 0.25) is 0 Å². The predicted molar refractivity (Wildman–Crippen MR) is 67.1 cm³/mol. The average molecular weight is 257 g/mol. The minimum atomic E-state index is -0.470. The lowest BCUT2D eigenvalue weighted by molar-refractivity contribution is 0.0195. The topological polar surface area (TPSA) is 62.8 Å². The Labute approximate surface area is 108 Å². The van der Waals surface area contributed by atoms with E-state index >= 15 is 0 Å². The van der Waals surface area contributed by atoms with Gasteiger partial charge in [-0.3, -0.25) is 10.2 Å². The second-order valence-electron chi connectivity index (χ2n) is 5.72. The van der Waals surface area contributed by atoms with Crippen LogP contribution >= 0.6 is 0 Å². The van der Waals surface area contributed by atoms with E-state index in [1.54, 1.807) is 4.90 Å². The van der Waals surface area contributed by atoms with E-state index in [1.807, 2.05) is 27.7 Å². The van der Waals surface area contributed by atoms with Gasteiger partial charge in [-0.05, 0) is 27.3 Å². The van der Waals surface area contributed by atoms with Crippen LogP contribution in [0.15, 0.2) is 0 Å². The van der Waals surface area contributed by atoms with E-state index in [9.17, 15) is 4.79 Å². The first kappa shape index (κ1) is 13.6. The SMILES string of the molecule is CCNC1CN(C(=O)OC(C)(C)C)[C@@H]2NCOC12. The molecule has 0 bridgehead atoms. The summed E-state index contributed by atoms with van der Waals surface area (Å²) in [5.74, 6) is 0. The first-order valence-electron chi connectivity index (χ1n) is 6.50. The third kappa shape index (κ3) is 2.76. The largest absolute Gasteiger partial charge is 0.444 e. The summed E-state index contributed by atoms with van der Waals surface area (Å²) in [5, 5.41) is 6.54. The summed E-state index contributed by atoms with van der Waals surface area (Å²) in [7, 11) is 0. The Hall–Kier alpha value is -0.850. The number of nitrogens with zero attached hydrogens (tertiary/aromatic N) is 1. The molecule has 3 atom stereocenters. The van der Waals surface area contributed by atoms with Crippen molar-refractivity contribution in [2.24, 2.45) is 0 Å². The van der Waals surface area contributed by atoms with Gasteiger partial charge in [0.15, 0.2) is 0 Å². The van der Waals surface area contributed by atoms with Gasteiger partial charge < -0.3 is 14.8 Å². The highest BCUT2D eigenvalue weighted by Crippen LogP contribution is 2.25. The maximum Gasteiger partial charge on any atom is 0.411 e. The maximum absolute atomic E-state index is 12.1. The number of hydrogen-bond acceptors (Lipinski definition) is 5. The second-order valence-corrected chi connectivity index (χ2v) is 5.72. The molecule has 0 saturated carbocycles. The molecule has 2 unspecified atom stereocenters. The highest BCUT2D eigenvalue weighted by molar-refractivity contribution is 5.69. The lowest BCUT2D eigenvalue weighted by Crippen LogP contribution is -2.46. The summed E-state index contributed by atoms with van der Waals surface area (Å²) in [5.41, 5.74) is -0.470. The number of likely N-dealkylation sites (tertiary alicyclic amines) is 1. The van der Waals surface area contributed by atoms with Gasteiger partial charge in [-0.15, -0.1) is 0 Å². The van der Waals surface area contributed by atoms with Crippen molar-refractivity contribution in [2.45, 2.75) is 51.6 Å². The number of fused-ring (bicyclic) bond motifs is 1. The maximum atomic E-state index is 12.1. The van der Waals surface area contributed by atoms with Gasteiger partial charge in [-0.2, -0.15) is 0 Å². The summed E-state index contributed by atoms with van der Waals surface area (Å²) >= 11 is 0. The molecule has 0 aromatic heterocycles. The number of nitrogens with one attached hydrogen (secondary N) is 2. The van der Waals surface area contributed by atoms with Crippen molar-refractivity contribution in [3.05, 3.63) is 0 Å². The van der Waals surface area contributed by atoms with E-state index in [0.717, 1.165) is 6.54 Å². The Morgan fingerprint density at radius 3 is 2.89 bits per heavy atom. The Morgan fingerprint density at radius 1 is 1.56 bits per heavy atom. The highest BCUT2D eigenvalue weighted by Gasteiger charge is 2.48. The monoisotopic (exact) mass is 257 g/mol. The van der Waals surface area contributed by atoms with Gasteiger partial charge in [0.05, 0.1) is 12.8 Å². The van der Waals surface area contributed by atoms with Crippen LogP contribution in [-0.2, 0) is 9.47 Å². The van der Waals surface area contributed by atoms with Gasteiger partial charge in [-0.25, -0.2) is 4.79 Å². The molecule has 0 aromatic carbocycles. The molecule has 0 radical (unpaired) electrons. The molecular weight excluding hydrogens is 234 g/mol. The fraction of sp³-hybridized carbons (Fsp3) is 0.917. The van der Waals surface area contributed by atoms with E-state index in [4.69, 9.17) is 9.47 Å². The van der Waals surface area contributed by atoms with Crippen molar-refractivity contribution < 1.29 is 14.3 Å². The molecule has 2 fully saturated rings. The summed E-state index contributed by atoms with van der Waals surface area (Å²) in [4.78, 5) is 13.9. The smallest absolute Gasteiger partial charge is 0.411 e. The summed E-state index contributed by atoms with van der Waals surface area (Å²) in [6.45, 7) is 9.63. The van der Waals surface area contributed by atoms with Gasteiger partial charge >= 0.3 is 6.09 Å². The van der Waals surface area contributed by atoms with Crippen molar-refractivity contribution in [1.29, 1.82) is 0 Å². The first-order chi connectivity index (χ1) is 8.42. The third-order valence-corrected chi connectivity index (χ3v) is 3.10. The minimum Gasteiger partial charge on any atom is -0.444 e. The molecule has 6 heteroatoms. The molecule has 1 amide bonds. The molecule has 6 nitrogen and oxygen atoms in total. The summed E-state index contributed by atoms with van der Waals surface area (Å²) in [6.07, 6.45) is -0.350. The number of carbonyl (C=O) groups excluding carboxylic acids is 1. The molecule has 2 aliphatic rings. The zero-order valence-corrected chi connectivity index (χ0v) is 11.5. The van der Waals surface area contributed by atoms with Crippen molar-refractivity contribution in [1.82, 2.24) is 15.5 Å². The molecule has 104 valence electrons. The van der Waals surface area contributed by atoms with Crippen LogP contribution in [0.25, 0.3) is 0 Å². The Morgan fingerprint density at radius 2 is 2.28 bits per heavy atom. The van der Waals surface area contributed by atoms with Crippen LogP contribution in [0.1, 0.15) is 27.7 Å². The van der Waals surface area contributed by atoms with E-state index in [1.165, 1.54) is 0 Å². The van der Waals surface area contributed by atoms with Crippen LogP contribution < -0.4 is 10.6 Å². The van der Waals surface area contributed by atoms with Crippen LogP contribution in [0.5, 0.6) is 0 Å². The fourth-order valence-corrected chi connectivity index (χ4v) is 2.44. The number of likely N-dealkylation sites (N-methyl/N-ethyl adjacent to an activating group) is 1. The van der Waals surface area contributed by atoms with Gasteiger partial charge in [0.25, 0.3) is 0 Å². The van der Waals surface area contributed by atoms with Crippen LogP contribution in [0.4, 0.5) is 4.79 Å². The van der Waals surface area contributed by atoms with Crippen LogP contribution in [0, 0.1) is 0 Å². The minimum absolute atomic E-state index is 0.0115. The van der Waals surface area contributed by atoms with Gasteiger partial charge in [0, 0.05) is 6.54 Å². The normalized spacial score (nSPS) is 31.6. The summed E-state index contributed by atoms with van der Waals surface area (Å²) in [6, 6.07) is 0.169. The van der Waals surface area contributed by atoms with Crippen molar-refractivity contribution in [3.63, 3.8) is 0 Å². The Bertz CT molecular complexity index is 316. The average Bonchev–Trinajstić information content (AvgIpc) is 2.78. The van der Waals surface area contributed by atoms with E-state index in [-0.39, 0.29) is 24.4 Å². The van der Waals surface area contributed by atoms with Gasteiger partial charge in [0.1, 0.15) is 17.9 Å². The second kappa shape index (κ2) is 5.03. The molecular formula is C12H23N3O3. The molecule has 2 heterocycles. The molecule has 0 spiro atoms. The molecule has 2 rings (SSSR count). The number of rotatable bonds is 2. The van der Waals surface area contributed by atoms with Gasteiger partial charge in [0.2, 0.25) is 0 Å². The van der Waals surface area contributed by atoms with Crippen molar-refractivity contribution in [3.8, 4) is 0 Å². The van der Waals surface area contributed by atoms with Crippen molar-refractivity contribution >= 4 is 6.09 Å². The van der Waals surface area contributed by atoms with E-state index in [2.05, 4.69) is 10.6 Å². The highest BCUT2D eigenvalue weighted by atomic mass is 16.6. The third-order valence-electron chi connectivity index (χ3n) is 3.10. The summed E-state index contributed by atoms with van der Waals surface area (Å²) < 4.78 is 11.0. The standard InChI is InChI=1S/C12H23N3O3/c1-5-13-8-6-15(10-9(8)17-7-14-10)11(16)18-12(2,3)4/h8-10,13-14H,5-7H2,1-4H3/t8?,9?,10-/m0/s1. The van der Waals surface area contributed by atoms with Gasteiger partial charge in [-0.1, -0.05) is 6.92 Å². The van der Waals surface area contributed by atoms with Crippen LogP contribution in [-0.4, -0.2) is 54.7 Å². The van der Waals surface area contributed by atoms with Crippen LogP contribution in [0.3, 0.4) is 0 Å². The number of amides is 1. The number of carbonyl (C=O) groups is 1. The molecule has 2 saturated heterocycles. The Kier molecular flexibility index (Phi) is 3.79. The molecule has 2 aliphatic heterocycles. The fourth-order valence-electron chi connectivity index (χ4n) is 2.44. The quantitative estimate of drug-likeness (QED) is 0.753. The molecule has 0 aliphatic carbocycles. The van der Waals surface area contributed by atoms with E-state index in [0.29, 0.717) is 13.3 Å². The van der Waals surface area contributed by atoms with Crippen molar-refractivity contribution in [2.75, 3.05) is 19.8 Å². The Balaban J connectivity index is 2.03. The molecule has 0 aromatic rings. The predicted octanol–water partition coefficient (Wildman–Crippen LogP) is 0.487. The lowest BCUT2D eigenvalue weighted by Gasteiger charge is -2.27. The zero-order chi connectivity index (χ0) is 13.3.